The molecule has 0 aliphatic heterocycles. The van der Waals surface area contributed by atoms with Crippen molar-refractivity contribution in [3.05, 3.63) is 71.7 Å². The van der Waals surface area contributed by atoms with Crippen molar-refractivity contribution < 1.29 is 29.7 Å². The SMILES string of the molecule is Cc1cc[n+]([O-])cc1.O=[N+]([O-])c1cc([N+](=O)[O-])c(O)c([N+](=O)[O-])c1O. The zero-order valence-corrected chi connectivity index (χ0v) is 12.4. The number of nitro groups is 3. The number of benzene rings is 1. The van der Waals surface area contributed by atoms with Crippen LogP contribution >= 0.6 is 0 Å². The molecule has 1 heterocycles. The van der Waals surface area contributed by atoms with E-state index >= 15 is 0 Å². The van der Waals surface area contributed by atoms with Gasteiger partial charge < -0.3 is 15.4 Å². The number of aryl methyl sites for hydroxylation is 1. The van der Waals surface area contributed by atoms with Crippen LogP contribution in [0.5, 0.6) is 11.5 Å². The van der Waals surface area contributed by atoms with Gasteiger partial charge >= 0.3 is 17.1 Å². The highest BCUT2D eigenvalue weighted by molar-refractivity contribution is 5.73. The van der Waals surface area contributed by atoms with Crippen molar-refractivity contribution in [3.8, 4) is 11.5 Å². The van der Waals surface area contributed by atoms with Gasteiger partial charge in [-0.15, -0.1) is 0 Å². The normalized spacial score (nSPS) is 9.64. The maximum atomic E-state index is 10.4. The van der Waals surface area contributed by atoms with Crippen LogP contribution in [0.4, 0.5) is 17.1 Å². The fraction of sp³-hybridized carbons (Fsp3) is 0.0833. The maximum absolute atomic E-state index is 10.4. The molecule has 132 valence electrons. The molecule has 25 heavy (non-hydrogen) atoms. The first kappa shape index (κ1) is 19.0. The number of aromatic nitrogens is 1. The van der Waals surface area contributed by atoms with E-state index in [4.69, 9.17) is 10.2 Å². The summed E-state index contributed by atoms with van der Waals surface area (Å²) >= 11 is 0. The third-order valence-corrected chi connectivity index (χ3v) is 2.75. The molecule has 0 aliphatic rings. The van der Waals surface area contributed by atoms with Gasteiger partial charge in [-0.1, -0.05) is 0 Å². The summed E-state index contributed by atoms with van der Waals surface area (Å²) in [7, 11) is 0. The van der Waals surface area contributed by atoms with Crippen LogP contribution in [0.15, 0.2) is 30.6 Å². The summed E-state index contributed by atoms with van der Waals surface area (Å²) < 4.78 is 0.771. The van der Waals surface area contributed by atoms with Gasteiger partial charge in [0.2, 0.25) is 0 Å². The van der Waals surface area contributed by atoms with Gasteiger partial charge in [-0.2, -0.15) is 4.73 Å². The van der Waals surface area contributed by atoms with Gasteiger partial charge in [-0.25, -0.2) is 0 Å². The molecule has 0 atom stereocenters. The predicted octanol–water partition coefficient (Wildman–Crippen LogP) is 1.45. The number of nitro benzene ring substituents is 3. The lowest BCUT2D eigenvalue weighted by atomic mass is 10.2. The summed E-state index contributed by atoms with van der Waals surface area (Å²) in [5.41, 5.74) is -2.84. The molecule has 1 aromatic heterocycles. The molecule has 0 unspecified atom stereocenters. The van der Waals surface area contributed by atoms with E-state index in [0.717, 1.165) is 10.3 Å². The van der Waals surface area contributed by atoms with Gasteiger partial charge in [0, 0.05) is 12.1 Å². The number of hydrogen-bond donors (Lipinski definition) is 2. The largest absolute Gasteiger partial charge is 0.619 e. The molecule has 0 amide bonds. The van der Waals surface area contributed by atoms with Gasteiger partial charge in [0.15, 0.2) is 12.4 Å². The molecule has 0 fully saturated rings. The fourth-order valence-corrected chi connectivity index (χ4v) is 1.56. The summed E-state index contributed by atoms with van der Waals surface area (Å²) in [5.74, 6) is -2.88. The van der Waals surface area contributed by atoms with Crippen LogP contribution in [0.3, 0.4) is 0 Å². The highest BCUT2D eigenvalue weighted by atomic mass is 16.6. The molecule has 0 saturated carbocycles. The Hall–Kier alpha value is -4.03. The minimum absolute atomic E-state index is 0.234. The van der Waals surface area contributed by atoms with Gasteiger partial charge in [-0.05, 0) is 12.5 Å². The highest BCUT2D eigenvalue weighted by Gasteiger charge is 2.36. The lowest BCUT2D eigenvalue weighted by Gasteiger charge is -2.00. The zero-order chi connectivity index (χ0) is 19.3. The average Bonchev–Trinajstić information content (AvgIpc) is 2.50. The Labute approximate surface area is 138 Å². The Morgan fingerprint density at radius 1 is 0.880 bits per heavy atom. The van der Waals surface area contributed by atoms with Gasteiger partial charge in [0.05, 0.1) is 14.8 Å². The van der Waals surface area contributed by atoms with Crippen molar-refractivity contribution in [2.24, 2.45) is 0 Å². The van der Waals surface area contributed by atoms with Crippen LogP contribution in [0, 0.1) is 42.5 Å². The van der Waals surface area contributed by atoms with Crippen LogP contribution in [0.25, 0.3) is 0 Å². The summed E-state index contributed by atoms with van der Waals surface area (Å²) in [6.45, 7) is 1.94. The van der Waals surface area contributed by atoms with E-state index in [9.17, 15) is 35.6 Å². The first-order valence-corrected chi connectivity index (χ1v) is 6.23. The average molecular weight is 354 g/mol. The van der Waals surface area contributed by atoms with E-state index < -0.39 is 43.3 Å². The minimum atomic E-state index is -1.48. The molecule has 0 radical (unpaired) electrons. The van der Waals surface area contributed by atoms with Crippen LogP contribution < -0.4 is 4.73 Å². The highest BCUT2D eigenvalue weighted by Crippen LogP contribution is 2.47. The van der Waals surface area contributed by atoms with E-state index in [0.29, 0.717) is 0 Å². The second-order valence-corrected chi connectivity index (χ2v) is 4.47. The fourth-order valence-electron chi connectivity index (χ4n) is 1.56. The number of nitrogens with zero attached hydrogens (tertiary/aromatic N) is 4. The van der Waals surface area contributed by atoms with E-state index in [1.54, 1.807) is 12.1 Å². The number of hydrogen-bond acceptors (Lipinski definition) is 9. The summed E-state index contributed by atoms with van der Waals surface area (Å²) in [6, 6.07) is 3.78. The number of aromatic hydroxyl groups is 2. The lowest BCUT2D eigenvalue weighted by molar-refractivity contribution is -0.605. The standard InChI is InChI=1S/C6H3N3O8.C6H7NO/c10-5-2(7(12)13)1-3(8(14)15)6(11)4(5)9(16)17;1-6-2-4-7(8)5-3-6/h1,10-11H;2-5H,1H3. The summed E-state index contributed by atoms with van der Waals surface area (Å²) in [6.07, 6.45) is 2.96. The summed E-state index contributed by atoms with van der Waals surface area (Å²) in [5, 5.41) is 59.9. The van der Waals surface area contributed by atoms with Crippen LogP contribution in [-0.4, -0.2) is 25.0 Å². The molecular formula is C12H10N4O9. The lowest BCUT2D eigenvalue weighted by Crippen LogP contribution is -2.23. The predicted molar refractivity (Wildman–Crippen MR) is 79.9 cm³/mol. The molecular weight excluding hydrogens is 344 g/mol. The third-order valence-electron chi connectivity index (χ3n) is 2.75. The van der Waals surface area contributed by atoms with Crippen molar-refractivity contribution in [1.82, 2.24) is 0 Å². The third kappa shape index (κ3) is 4.47. The molecule has 0 bridgehead atoms. The number of pyridine rings is 1. The smallest absolute Gasteiger partial charge is 0.366 e. The molecule has 0 saturated heterocycles. The molecule has 2 rings (SSSR count). The van der Waals surface area contributed by atoms with Crippen molar-refractivity contribution in [2.75, 3.05) is 0 Å². The topological polar surface area (TPSA) is 197 Å². The summed E-state index contributed by atoms with van der Waals surface area (Å²) in [4.78, 5) is 27.4. The Kier molecular flexibility index (Phi) is 5.70. The van der Waals surface area contributed by atoms with E-state index in [-0.39, 0.29) is 6.07 Å². The molecule has 13 nitrogen and oxygen atoms in total. The van der Waals surface area contributed by atoms with E-state index in [1.165, 1.54) is 12.4 Å². The monoisotopic (exact) mass is 354 g/mol. The second kappa shape index (κ2) is 7.49. The quantitative estimate of drug-likeness (QED) is 0.354. The Morgan fingerprint density at radius 2 is 1.28 bits per heavy atom. The number of phenolic OH excluding ortho intramolecular Hbond substituents is 2. The van der Waals surface area contributed by atoms with Gasteiger partial charge in [0.25, 0.3) is 11.5 Å². The van der Waals surface area contributed by atoms with Crippen LogP contribution in [-0.2, 0) is 0 Å². The molecule has 1 aromatic carbocycles. The van der Waals surface area contributed by atoms with Crippen LogP contribution in [0.1, 0.15) is 5.56 Å². The number of phenols is 2. The molecule has 0 spiro atoms. The second-order valence-electron chi connectivity index (χ2n) is 4.47. The van der Waals surface area contributed by atoms with Crippen molar-refractivity contribution >= 4 is 17.1 Å². The first-order chi connectivity index (χ1) is 11.6. The van der Waals surface area contributed by atoms with Crippen LogP contribution in [0.2, 0.25) is 0 Å². The van der Waals surface area contributed by atoms with Gasteiger partial charge in [-0.3, -0.25) is 30.3 Å². The maximum Gasteiger partial charge on any atom is 0.366 e. The zero-order valence-electron chi connectivity index (χ0n) is 12.4. The number of rotatable bonds is 3. The first-order valence-electron chi connectivity index (χ1n) is 6.23. The van der Waals surface area contributed by atoms with Crippen molar-refractivity contribution in [3.63, 3.8) is 0 Å². The Balaban J connectivity index is 0.000000324. The Bertz CT molecular complexity index is 776. The molecule has 13 heteroatoms. The molecule has 2 aromatic rings. The minimum Gasteiger partial charge on any atom is -0.619 e. The van der Waals surface area contributed by atoms with E-state index in [2.05, 4.69) is 0 Å². The molecule has 0 aliphatic carbocycles. The van der Waals surface area contributed by atoms with E-state index in [1.807, 2.05) is 6.92 Å². The molecule has 2 N–H and O–H groups in total. The van der Waals surface area contributed by atoms with Gasteiger partial charge in [0.1, 0.15) is 6.07 Å². The Morgan fingerprint density at radius 3 is 1.56 bits per heavy atom. The van der Waals surface area contributed by atoms with Crippen molar-refractivity contribution in [1.29, 1.82) is 0 Å². The van der Waals surface area contributed by atoms with Crippen molar-refractivity contribution in [2.45, 2.75) is 6.92 Å².